The van der Waals surface area contributed by atoms with Crippen molar-refractivity contribution in [2.45, 2.75) is 6.42 Å². The molecule has 0 radical (unpaired) electrons. The fraction of sp³-hybridized carbons (Fsp3) is 0.267. The third-order valence-corrected chi connectivity index (χ3v) is 3.19. The van der Waals surface area contributed by atoms with Crippen LogP contribution < -0.4 is 5.43 Å². The molecule has 0 bridgehead atoms. The Morgan fingerprint density at radius 2 is 2.00 bits per heavy atom. The van der Waals surface area contributed by atoms with E-state index in [0.717, 1.165) is 0 Å². The first-order valence-electron chi connectivity index (χ1n) is 6.47. The van der Waals surface area contributed by atoms with Crippen molar-refractivity contribution in [1.82, 2.24) is 9.88 Å². The predicted octanol–water partition coefficient (Wildman–Crippen LogP) is 1.16. The lowest BCUT2D eigenvalue weighted by molar-refractivity contribution is -0.140. The van der Waals surface area contributed by atoms with E-state index in [1.807, 2.05) is 0 Å². The molecular formula is C15H16N2O4. The molecule has 0 fully saturated rings. The number of rotatable bonds is 4. The summed E-state index contributed by atoms with van der Waals surface area (Å²) in [5, 5.41) is 0.534. The number of pyridine rings is 1. The first-order valence-corrected chi connectivity index (χ1v) is 6.47. The Labute approximate surface area is 121 Å². The van der Waals surface area contributed by atoms with Crippen molar-refractivity contribution >= 4 is 22.8 Å². The van der Waals surface area contributed by atoms with E-state index in [1.165, 1.54) is 18.1 Å². The number of fused-ring (bicyclic) bond motifs is 1. The number of nitrogens with one attached hydrogen (secondary N) is 1. The molecule has 21 heavy (non-hydrogen) atoms. The minimum atomic E-state index is -0.387. The summed E-state index contributed by atoms with van der Waals surface area (Å²) in [5.74, 6) is -0.733. The molecule has 1 heterocycles. The summed E-state index contributed by atoms with van der Waals surface area (Å²) in [6.07, 6.45) is 0.108. The van der Waals surface area contributed by atoms with Crippen LogP contribution in [0.4, 0.5) is 0 Å². The predicted molar refractivity (Wildman–Crippen MR) is 78.2 cm³/mol. The van der Waals surface area contributed by atoms with Crippen LogP contribution in [0.2, 0.25) is 0 Å². The van der Waals surface area contributed by atoms with E-state index in [1.54, 1.807) is 31.3 Å². The largest absolute Gasteiger partial charge is 0.469 e. The van der Waals surface area contributed by atoms with Crippen LogP contribution in [-0.4, -0.2) is 42.5 Å². The maximum Gasteiger partial charge on any atom is 0.307 e. The van der Waals surface area contributed by atoms with Crippen molar-refractivity contribution in [1.29, 1.82) is 0 Å². The topological polar surface area (TPSA) is 79.5 Å². The van der Waals surface area contributed by atoms with Gasteiger partial charge in [0.15, 0.2) is 5.43 Å². The summed E-state index contributed by atoms with van der Waals surface area (Å²) in [6, 6.07) is 8.26. The van der Waals surface area contributed by atoms with Gasteiger partial charge in [-0.15, -0.1) is 0 Å². The molecule has 0 unspecified atom stereocenters. The summed E-state index contributed by atoms with van der Waals surface area (Å²) >= 11 is 0. The molecule has 1 aromatic heterocycles. The van der Waals surface area contributed by atoms with Gasteiger partial charge in [-0.1, -0.05) is 12.1 Å². The second kappa shape index (κ2) is 6.21. The normalized spacial score (nSPS) is 10.4. The van der Waals surface area contributed by atoms with E-state index >= 15 is 0 Å². The van der Waals surface area contributed by atoms with Gasteiger partial charge in [0.1, 0.15) is 5.69 Å². The van der Waals surface area contributed by atoms with Crippen molar-refractivity contribution < 1.29 is 14.3 Å². The van der Waals surface area contributed by atoms with E-state index in [4.69, 9.17) is 0 Å². The highest BCUT2D eigenvalue weighted by Crippen LogP contribution is 2.08. The number of hydrogen-bond donors (Lipinski definition) is 1. The number of amides is 1. The average Bonchev–Trinajstić information content (AvgIpc) is 2.51. The number of hydrogen-bond acceptors (Lipinski definition) is 4. The van der Waals surface area contributed by atoms with Gasteiger partial charge in [-0.05, 0) is 12.1 Å². The molecule has 6 nitrogen and oxygen atoms in total. The molecule has 1 N–H and O–H groups in total. The van der Waals surface area contributed by atoms with Gasteiger partial charge in [0.2, 0.25) is 0 Å². The zero-order valence-corrected chi connectivity index (χ0v) is 11.9. The van der Waals surface area contributed by atoms with Gasteiger partial charge >= 0.3 is 5.97 Å². The van der Waals surface area contributed by atoms with E-state index in [0.29, 0.717) is 10.9 Å². The molecule has 0 aliphatic rings. The van der Waals surface area contributed by atoms with Crippen molar-refractivity contribution in [2.24, 2.45) is 0 Å². The zero-order chi connectivity index (χ0) is 15.4. The molecular weight excluding hydrogens is 272 g/mol. The smallest absolute Gasteiger partial charge is 0.307 e. The highest BCUT2D eigenvalue weighted by Gasteiger charge is 2.15. The van der Waals surface area contributed by atoms with Gasteiger partial charge < -0.3 is 14.6 Å². The van der Waals surface area contributed by atoms with Gasteiger partial charge in [0.05, 0.1) is 13.5 Å². The van der Waals surface area contributed by atoms with E-state index < -0.39 is 0 Å². The average molecular weight is 288 g/mol. The molecule has 1 aromatic carbocycles. The maximum absolute atomic E-state index is 12.2. The standard InChI is InChI=1S/C15H16N2O4/c1-17(8-7-14(19)21-2)15(20)12-9-13(18)10-5-3-4-6-11(10)16-12/h3-6,9H,7-8H2,1-2H3,(H,16,18). The number of aromatic amines is 1. The number of nitrogens with zero attached hydrogens (tertiary/aromatic N) is 1. The van der Waals surface area contributed by atoms with Gasteiger partial charge in [-0.2, -0.15) is 0 Å². The number of ether oxygens (including phenoxy) is 1. The second-order valence-corrected chi connectivity index (χ2v) is 4.65. The molecule has 6 heteroatoms. The number of carbonyl (C=O) groups excluding carboxylic acids is 2. The van der Waals surface area contributed by atoms with Gasteiger partial charge in [-0.25, -0.2) is 0 Å². The minimum absolute atomic E-state index is 0.108. The summed E-state index contributed by atoms with van der Waals surface area (Å²) in [4.78, 5) is 39.6. The van der Waals surface area contributed by atoms with Crippen LogP contribution in [0.1, 0.15) is 16.9 Å². The molecule has 1 amide bonds. The Kier molecular flexibility index (Phi) is 4.37. The number of benzene rings is 1. The van der Waals surface area contributed by atoms with E-state index in [-0.39, 0.29) is 36.0 Å². The summed E-state index contributed by atoms with van der Waals surface area (Å²) in [6.45, 7) is 0.223. The molecule has 0 saturated heterocycles. The molecule has 2 rings (SSSR count). The Balaban J connectivity index is 2.23. The Bertz CT molecular complexity index is 736. The number of methoxy groups -OCH3 is 1. The quantitative estimate of drug-likeness (QED) is 0.856. The van der Waals surface area contributed by atoms with Crippen LogP contribution in [0.5, 0.6) is 0 Å². The number of H-pyrrole nitrogens is 1. The highest BCUT2D eigenvalue weighted by atomic mass is 16.5. The number of carbonyl (C=O) groups is 2. The van der Waals surface area contributed by atoms with E-state index in [2.05, 4.69) is 9.72 Å². The lowest BCUT2D eigenvalue weighted by atomic mass is 10.2. The lowest BCUT2D eigenvalue weighted by Crippen LogP contribution is -2.30. The molecule has 2 aromatic rings. The van der Waals surface area contributed by atoms with E-state index in [9.17, 15) is 14.4 Å². The van der Waals surface area contributed by atoms with Crippen LogP contribution in [0.25, 0.3) is 10.9 Å². The van der Waals surface area contributed by atoms with Crippen LogP contribution >= 0.6 is 0 Å². The number of aromatic nitrogens is 1. The van der Waals surface area contributed by atoms with Gasteiger partial charge in [-0.3, -0.25) is 14.4 Å². The Hall–Kier alpha value is -2.63. The highest BCUT2D eigenvalue weighted by molar-refractivity contribution is 5.94. The van der Waals surface area contributed by atoms with Crippen LogP contribution in [0.3, 0.4) is 0 Å². The Morgan fingerprint density at radius 1 is 1.29 bits per heavy atom. The van der Waals surface area contributed by atoms with Crippen molar-refractivity contribution in [2.75, 3.05) is 20.7 Å². The van der Waals surface area contributed by atoms with Crippen LogP contribution in [-0.2, 0) is 9.53 Å². The van der Waals surface area contributed by atoms with Crippen molar-refractivity contribution in [3.63, 3.8) is 0 Å². The third-order valence-electron chi connectivity index (χ3n) is 3.19. The van der Waals surface area contributed by atoms with Crippen molar-refractivity contribution in [3.05, 3.63) is 46.2 Å². The van der Waals surface area contributed by atoms with Gasteiger partial charge in [0, 0.05) is 30.6 Å². The minimum Gasteiger partial charge on any atom is -0.469 e. The fourth-order valence-corrected chi connectivity index (χ4v) is 1.98. The molecule has 0 spiro atoms. The van der Waals surface area contributed by atoms with Crippen molar-refractivity contribution in [3.8, 4) is 0 Å². The van der Waals surface area contributed by atoms with Crippen LogP contribution in [0, 0.1) is 0 Å². The monoisotopic (exact) mass is 288 g/mol. The summed E-state index contributed by atoms with van der Waals surface area (Å²) in [5.41, 5.74) is 0.592. The first kappa shape index (κ1) is 14.8. The summed E-state index contributed by atoms with van der Waals surface area (Å²) in [7, 11) is 2.86. The first-order chi connectivity index (χ1) is 10.0. The molecule has 110 valence electrons. The summed E-state index contributed by atoms with van der Waals surface area (Å²) < 4.78 is 4.53. The molecule has 0 atom stereocenters. The zero-order valence-electron chi connectivity index (χ0n) is 11.9. The third kappa shape index (κ3) is 3.28. The maximum atomic E-state index is 12.2. The Morgan fingerprint density at radius 3 is 2.71 bits per heavy atom. The molecule has 0 saturated carbocycles. The lowest BCUT2D eigenvalue weighted by Gasteiger charge is -2.16. The number of para-hydroxylation sites is 1. The second-order valence-electron chi connectivity index (χ2n) is 4.65. The fourth-order valence-electron chi connectivity index (χ4n) is 1.98. The number of esters is 1. The van der Waals surface area contributed by atoms with Crippen LogP contribution in [0.15, 0.2) is 35.1 Å². The molecule has 0 aliphatic heterocycles. The molecule has 0 aliphatic carbocycles. The van der Waals surface area contributed by atoms with Gasteiger partial charge in [0.25, 0.3) is 5.91 Å². The SMILES string of the molecule is COC(=O)CCN(C)C(=O)c1cc(=O)c2ccccc2[nH]1.